The fraction of sp³-hybridized carbons (Fsp3) is 0.905. The van der Waals surface area contributed by atoms with Crippen molar-refractivity contribution in [2.75, 3.05) is 0 Å². The van der Waals surface area contributed by atoms with Crippen molar-refractivity contribution in [2.45, 2.75) is 92.5 Å². The molecule has 5 unspecified atom stereocenters. The summed E-state index contributed by atoms with van der Waals surface area (Å²) in [5.41, 5.74) is -1.19. The lowest BCUT2D eigenvalue weighted by atomic mass is 9.76. The van der Waals surface area contributed by atoms with Gasteiger partial charge in [-0.15, -0.1) is 0 Å². The highest BCUT2D eigenvalue weighted by Gasteiger charge is 2.57. The molecule has 2 fully saturated rings. The van der Waals surface area contributed by atoms with E-state index in [-0.39, 0.29) is 35.1 Å². The van der Waals surface area contributed by atoms with Gasteiger partial charge in [0, 0.05) is 5.92 Å². The summed E-state index contributed by atoms with van der Waals surface area (Å²) in [7, 11) is 0. The molecule has 0 aliphatic heterocycles. The average molecular weight is 369 g/mol. The molecule has 150 valence electrons. The molecule has 5 nitrogen and oxygen atoms in total. The van der Waals surface area contributed by atoms with Crippen LogP contribution in [0.15, 0.2) is 0 Å². The minimum atomic E-state index is -0.687. The van der Waals surface area contributed by atoms with Gasteiger partial charge in [0.05, 0.1) is 17.4 Å². The molecular weight excluding hydrogens is 332 g/mol. The molecule has 0 radical (unpaired) electrons. The number of esters is 2. The van der Waals surface area contributed by atoms with Crippen LogP contribution in [0.25, 0.3) is 0 Å². The van der Waals surface area contributed by atoms with Crippen molar-refractivity contribution in [2.24, 2.45) is 28.6 Å². The standard InChI is InChI=1S/C21H36O5/c1-19(2,3)11-21(7,8)18(24)25-16-13-9-12(15(16)22)10-14(13)17(23)26-20(4,5)6/h12-16,22H,9-11H2,1-8H3. The molecule has 0 aromatic rings. The molecule has 0 aromatic heterocycles. The van der Waals surface area contributed by atoms with Crippen LogP contribution in [0.1, 0.15) is 74.7 Å². The Morgan fingerprint density at radius 3 is 2.04 bits per heavy atom. The van der Waals surface area contributed by atoms with Crippen LogP contribution in [-0.4, -0.2) is 34.9 Å². The fourth-order valence-corrected chi connectivity index (χ4v) is 4.76. The van der Waals surface area contributed by atoms with Gasteiger partial charge >= 0.3 is 11.9 Å². The first-order valence-corrected chi connectivity index (χ1v) is 9.73. The normalized spacial score (nSPS) is 31.8. The zero-order valence-corrected chi connectivity index (χ0v) is 17.6. The number of aliphatic hydroxyl groups is 1. The molecular formula is C21H36O5. The maximum Gasteiger partial charge on any atom is 0.311 e. The van der Waals surface area contributed by atoms with Crippen molar-refractivity contribution in [1.29, 1.82) is 0 Å². The summed E-state index contributed by atoms with van der Waals surface area (Å²) in [6.07, 6.45) is 0.708. The van der Waals surface area contributed by atoms with E-state index in [0.29, 0.717) is 19.3 Å². The predicted octanol–water partition coefficient (Wildman–Crippen LogP) is 3.72. The smallest absolute Gasteiger partial charge is 0.311 e. The number of rotatable bonds is 4. The van der Waals surface area contributed by atoms with Gasteiger partial charge in [-0.3, -0.25) is 9.59 Å². The number of carbonyl (C=O) groups is 2. The summed E-state index contributed by atoms with van der Waals surface area (Å²) in [5, 5.41) is 10.5. The van der Waals surface area contributed by atoms with Crippen LogP contribution in [-0.2, 0) is 19.1 Å². The van der Waals surface area contributed by atoms with Gasteiger partial charge < -0.3 is 14.6 Å². The maximum absolute atomic E-state index is 12.8. The highest BCUT2D eigenvalue weighted by molar-refractivity contribution is 5.77. The van der Waals surface area contributed by atoms with E-state index < -0.39 is 23.2 Å². The summed E-state index contributed by atoms with van der Waals surface area (Å²) in [5.74, 6) is -0.995. The van der Waals surface area contributed by atoms with Crippen molar-refractivity contribution < 1.29 is 24.2 Å². The summed E-state index contributed by atoms with van der Waals surface area (Å²) >= 11 is 0. The molecule has 0 aromatic carbocycles. The molecule has 2 bridgehead atoms. The highest BCUT2D eigenvalue weighted by atomic mass is 16.6. The van der Waals surface area contributed by atoms with Gasteiger partial charge in [0.25, 0.3) is 0 Å². The van der Waals surface area contributed by atoms with Gasteiger partial charge in [0.1, 0.15) is 11.7 Å². The second kappa shape index (κ2) is 6.81. The van der Waals surface area contributed by atoms with Gasteiger partial charge in [-0.25, -0.2) is 0 Å². The van der Waals surface area contributed by atoms with E-state index in [4.69, 9.17) is 9.47 Å². The van der Waals surface area contributed by atoms with Crippen molar-refractivity contribution in [3.63, 3.8) is 0 Å². The highest BCUT2D eigenvalue weighted by Crippen LogP contribution is 2.51. The molecule has 5 atom stereocenters. The first-order chi connectivity index (χ1) is 11.6. The molecule has 0 spiro atoms. The number of carbonyl (C=O) groups excluding carboxylic acids is 2. The molecule has 2 saturated carbocycles. The third kappa shape index (κ3) is 4.79. The van der Waals surface area contributed by atoms with Crippen molar-refractivity contribution in [3.8, 4) is 0 Å². The number of ether oxygens (including phenoxy) is 2. The summed E-state index contributed by atoms with van der Waals surface area (Å²) in [6, 6.07) is 0. The fourth-order valence-electron chi connectivity index (χ4n) is 4.76. The molecule has 2 aliphatic rings. The summed E-state index contributed by atoms with van der Waals surface area (Å²) in [4.78, 5) is 25.3. The van der Waals surface area contributed by atoms with Gasteiger partial charge in [-0.1, -0.05) is 20.8 Å². The Hall–Kier alpha value is -1.10. The van der Waals surface area contributed by atoms with Gasteiger partial charge in [-0.05, 0) is 65.2 Å². The van der Waals surface area contributed by atoms with Crippen LogP contribution in [0.5, 0.6) is 0 Å². The molecule has 0 amide bonds. The molecule has 5 heteroatoms. The summed E-state index contributed by atoms with van der Waals surface area (Å²) in [6.45, 7) is 15.6. The minimum Gasteiger partial charge on any atom is -0.460 e. The van der Waals surface area contributed by atoms with Crippen LogP contribution in [0.4, 0.5) is 0 Å². The second-order valence-electron chi connectivity index (χ2n) is 11.0. The average Bonchev–Trinajstić information content (AvgIpc) is 2.94. The lowest BCUT2D eigenvalue weighted by Crippen LogP contribution is -2.45. The van der Waals surface area contributed by atoms with Crippen LogP contribution in [0.3, 0.4) is 0 Å². The van der Waals surface area contributed by atoms with Gasteiger partial charge in [0.2, 0.25) is 0 Å². The van der Waals surface area contributed by atoms with E-state index in [1.807, 2.05) is 34.6 Å². The van der Waals surface area contributed by atoms with Crippen molar-refractivity contribution >= 4 is 11.9 Å². The zero-order chi connectivity index (χ0) is 20.1. The van der Waals surface area contributed by atoms with Crippen LogP contribution in [0.2, 0.25) is 0 Å². The maximum atomic E-state index is 12.8. The largest absolute Gasteiger partial charge is 0.460 e. The van der Waals surface area contributed by atoms with Crippen LogP contribution in [0, 0.1) is 28.6 Å². The van der Waals surface area contributed by atoms with Gasteiger partial charge in [0.15, 0.2) is 0 Å². The van der Waals surface area contributed by atoms with Crippen molar-refractivity contribution in [3.05, 3.63) is 0 Å². The molecule has 0 saturated heterocycles. The lowest BCUT2D eigenvalue weighted by molar-refractivity contribution is -0.179. The molecule has 26 heavy (non-hydrogen) atoms. The predicted molar refractivity (Wildman–Crippen MR) is 99.3 cm³/mol. The molecule has 2 aliphatic carbocycles. The number of fused-ring (bicyclic) bond motifs is 2. The Bertz CT molecular complexity index is 552. The Labute approximate surface area is 157 Å². The number of hydrogen-bond acceptors (Lipinski definition) is 5. The first-order valence-electron chi connectivity index (χ1n) is 9.73. The zero-order valence-electron chi connectivity index (χ0n) is 17.6. The van der Waals surface area contributed by atoms with E-state index in [2.05, 4.69) is 20.8 Å². The SMILES string of the molecule is CC(C)(C)CC(C)(C)C(=O)OC1C(O)C2CC(C(=O)OC(C)(C)C)C1C2. The molecule has 2 rings (SSSR count). The summed E-state index contributed by atoms with van der Waals surface area (Å²) < 4.78 is 11.3. The molecule has 1 N–H and O–H groups in total. The third-order valence-corrected chi connectivity index (χ3v) is 5.37. The van der Waals surface area contributed by atoms with Crippen LogP contribution >= 0.6 is 0 Å². The van der Waals surface area contributed by atoms with Gasteiger partial charge in [-0.2, -0.15) is 0 Å². The Kier molecular flexibility index (Phi) is 5.55. The van der Waals surface area contributed by atoms with Crippen molar-refractivity contribution in [1.82, 2.24) is 0 Å². The van der Waals surface area contributed by atoms with E-state index in [1.165, 1.54) is 0 Å². The van der Waals surface area contributed by atoms with E-state index in [1.54, 1.807) is 0 Å². The monoisotopic (exact) mass is 368 g/mol. The topological polar surface area (TPSA) is 72.8 Å². The van der Waals surface area contributed by atoms with E-state index in [0.717, 1.165) is 0 Å². The Balaban J connectivity index is 2.07. The number of aliphatic hydroxyl groups excluding tert-OH is 1. The Morgan fingerprint density at radius 2 is 1.58 bits per heavy atom. The van der Waals surface area contributed by atoms with E-state index >= 15 is 0 Å². The quantitative estimate of drug-likeness (QED) is 0.766. The van der Waals surface area contributed by atoms with E-state index in [9.17, 15) is 14.7 Å². The minimum absolute atomic E-state index is 0.000969. The van der Waals surface area contributed by atoms with Crippen LogP contribution < -0.4 is 0 Å². The molecule has 0 heterocycles. The first kappa shape index (κ1) is 21.2. The Morgan fingerprint density at radius 1 is 1.00 bits per heavy atom. The third-order valence-electron chi connectivity index (χ3n) is 5.37. The number of hydrogen-bond donors (Lipinski definition) is 1. The second-order valence-corrected chi connectivity index (χ2v) is 11.0. The lowest BCUT2D eigenvalue weighted by Gasteiger charge is -2.36.